The first kappa shape index (κ1) is 18.9. The molecule has 0 bridgehead atoms. The van der Waals surface area contributed by atoms with Crippen LogP contribution in [0.4, 0.5) is 10.1 Å². The van der Waals surface area contributed by atoms with E-state index in [2.05, 4.69) is 9.46 Å². The Balaban J connectivity index is 2.40. The maximum absolute atomic E-state index is 13.5. The van der Waals surface area contributed by atoms with E-state index in [1.54, 1.807) is 12.1 Å². The molecule has 25 heavy (non-hydrogen) atoms. The predicted octanol–water partition coefficient (Wildman–Crippen LogP) is 3.71. The van der Waals surface area contributed by atoms with Crippen LogP contribution in [-0.4, -0.2) is 21.5 Å². The number of esters is 1. The lowest BCUT2D eigenvalue weighted by molar-refractivity contribution is 0.0596. The first-order valence-electron chi connectivity index (χ1n) is 7.56. The Labute approximate surface area is 146 Å². The zero-order valence-electron chi connectivity index (χ0n) is 14.5. The van der Waals surface area contributed by atoms with E-state index in [0.717, 1.165) is 30.9 Å². The number of rotatable bonds is 4. The Kier molecular flexibility index (Phi) is 5.17. The summed E-state index contributed by atoms with van der Waals surface area (Å²) in [5.74, 6) is -1.63. The second kappa shape index (κ2) is 6.84. The molecule has 0 saturated heterocycles. The van der Waals surface area contributed by atoms with Crippen LogP contribution in [0.5, 0.6) is 0 Å². The van der Waals surface area contributed by atoms with Crippen LogP contribution in [0.25, 0.3) is 0 Å². The topological polar surface area (TPSA) is 72.5 Å². The smallest absolute Gasteiger partial charge is 0.339 e. The van der Waals surface area contributed by atoms with Crippen LogP contribution in [0.1, 0.15) is 36.7 Å². The molecule has 7 heteroatoms. The van der Waals surface area contributed by atoms with E-state index in [0.29, 0.717) is 5.69 Å². The second-order valence-corrected chi connectivity index (χ2v) is 8.22. The number of sulfonamides is 1. The highest BCUT2D eigenvalue weighted by Crippen LogP contribution is 2.25. The molecule has 0 aliphatic rings. The van der Waals surface area contributed by atoms with Crippen molar-refractivity contribution in [3.63, 3.8) is 0 Å². The Bertz CT molecular complexity index is 884. The maximum Gasteiger partial charge on any atom is 0.339 e. The molecule has 1 N–H and O–H groups in total. The van der Waals surface area contributed by atoms with Crippen molar-refractivity contribution in [2.45, 2.75) is 31.1 Å². The van der Waals surface area contributed by atoms with Gasteiger partial charge in [-0.25, -0.2) is 17.6 Å². The van der Waals surface area contributed by atoms with Gasteiger partial charge in [0.1, 0.15) is 10.7 Å². The number of benzene rings is 2. The van der Waals surface area contributed by atoms with Crippen molar-refractivity contribution in [1.82, 2.24) is 0 Å². The minimum Gasteiger partial charge on any atom is -0.465 e. The van der Waals surface area contributed by atoms with Crippen molar-refractivity contribution in [2.24, 2.45) is 0 Å². The molecule has 0 fully saturated rings. The first-order valence-corrected chi connectivity index (χ1v) is 9.04. The number of hydrogen-bond donors (Lipinski definition) is 1. The zero-order valence-corrected chi connectivity index (χ0v) is 15.3. The lowest BCUT2D eigenvalue weighted by Gasteiger charge is -2.19. The van der Waals surface area contributed by atoms with Crippen LogP contribution in [0.15, 0.2) is 47.4 Å². The van der Waals surface area contributed by atoms with E-state index in [1.807, 2.05) is 32.9 Å². The van der Waals surface area contributed by atoms with Gasteiger partial charge < -0.3 is 4.74 Å². The number of ether oxygens (including phenoxy) is 1. The van der Waals surface area contributed by atoms with Crippen molar-refractivity contribution >= 4 is 21.7 Å². The van der Waals surface area contributed by atoms with Crippen molar-refractivity contribution in [1.29, 1.82) is 0 Å². The summed E-state index contributed by atoms with van der Waals surface area (Å²) in [6.45, 7) is 6.13. The van der Waals surface area contributed by atoms with Crippen LogP contribution in [0.3, 0.4) is 0 Å². The molecule has 5 nitrogen and oxygen atoms in total. The third kappa shape index (κ3) is 4.36. The number of carbonyl (C=O) groups excluding carboxylic acids is 1. The molecule has 0 heterocycles. The fourth-order valence-corrected chi connectivity index (χ4v) is 3.51. The predicted molar refractivity (Wildman–Crippen MR) is 93.7 cm³/mol. The highest BCUT2D eigenvalue weighted by molar-refractivity contribution is 7.92. The molecule has 0 radical (unpaired) electrons. The third-order valence-electron chi connectivity index (χ3n) is 3.64. The third-order valence-corrected chi connectivity index (χ3v) is 5.06. The molecule has 0 aromatic heterocycles. The van der Waals surface area contributed by atoms with E-state index < -0.39 is 26.7 Å². The summed E-state index contributed by atoms with van der Waals surface area (Å²) < 4.78 is 45.6. The largest absolute Gasteiger partial charge is 0.465 e. The first-order chi connectivity index (χ1) is 11.5. The molecule has 0 spiro atoms. The molecule has 0 amide bonds. The van der Waals surface area contributed by atoms with Gasteiger partial charge in [0.25, 0.3) is 10.0 Å². The number of hydrogen-bond acceptors (Lipinski definition) is 4. The summed E-state index contributed by atoms with van der Waals surface area (Å²) in [6.07, 6.45) is 0. The average molecular weight is 365 g/mol. The molecule has 0 unspecified atom stereocenters. The molecule has 2 aromatic carbocycles. The summed E-state index contributed by atoms with van der Waals surface area (Å²) >= 11 is 0. The molecular weight excluding hydrogens is 345 g/mol. The molecule has 2 aromatic rings. The summed E-state index contributed by atoms with van der Waals surface area (Å²) in [5.41, 5.74) is 1.05. The van der Waals surface area contributed by atoms with Gasteiger partial charge in [0.05, 0.1) is 12.7 Å². The number of carbonyl (C=O) groups is 1. The van der Waals surface area contributed by atoms with Crippen LogP contribution in [-0.2, 0) is 20.2 Å². The Morgan fingerprint density at radius 1 is 1.08 bits per heavy atom. The second-order valence-electron chi connectivity index (χ2n) is 6.56. The summed E-state index contributed by atoms with van der Waals surface area (Å²) in [7, 11) is -3.04. The number of anilines is 1. The van der Waals surface area contributed by atoms with Crippen LogP contribution >= 0.6 is 0 Å². The maximum atomic E-state index is 13.5. The Morgan fingerprint density at radius 3 is 2.20 bits per heavy atom. The number of methoxy groups -OCH3 is 1. The summed E-state index contributed by atoms with van der Waals surface area (Å²) in [4.78, 5) is 11.3. The summed E-state index contributed by atoms with van der Waals surface area (Å²) in [5, 5.41) is 0. The van der Waals surface area contributed by atoms with Gasteiger partial charge in [0.2, 0.25) is 0 Å². The number of halogens is 1. The monoisotopic (exact) mass is 365 g/mol. The minimum atomic E-state index is -4.16. The van der Waals surface area contributed by atoms with Crippen molar-refractivity contribution < 1.29 is 22.3 Å². The molecule has 0 atom stereocenters. The van der Waals surface area contributed by atoms with Gasteiger partial charge in [-0.15, -0.1) is 0 Å². The summed E-state index contributed by atoms with van der Waals surface area (Å²) in [6, 6.07) is 9.74. The molecule has 0 saturated carbocycles. The standard InChI is InChI=1S/C18H20FNO4S/c1-18(2,3)12-5-8-14(9-6-12)20-25(22,23)16-11-13(19)7-10-15(16)17(21)24-4/h5-11,20H,1-4H3. The number of nitrogens with one attached hydrogen (secondary N) is 1. The van der Waals surface area contributed by atoms with Crippen molar-refractivity contribution in [3.8, 4) is 0 Å². The van der Waals surface area contributed by atoms with E-state index in [9.17, 15) is 17.6 Å². The lowest BCUT2D eigenvalue weighted by atomic mass is 9.87. The van der Waals surface area contributed by atoms with Gasteiger partial charge in [0, 0.05) is 5.69 Å². The lowest BCUT2D eigenvalue weighted by Crippen LogP contribution is -2.18. The fourth-order valence-electron chi connectivity index (χ4n) is 2.25. The Hall–Kier alpha value is -2.41. The molecule has 134 valence electrons. The van der Waals surface area contributed by atoms with Gasteiger partial charge in [-0.2, -0.15) is 0 Å². The fraction of sp³-hybridized carbons (Fsp3) is 0.278. The molecule has 2 rings (SSSR count). The Morgan fingerprint density at radius 2 is 1.68 bits per heavy atom. The van der Waals surface area contributed by atoms with Crippen molar-refractivity contribution in [3.05, 3.63) is 59.4 Å². The van der Waals surface area contributed by atoms with Crippen LogP contribution < -0.4 is 4.72 Å². The van der Waals surface area contributed by atoms with Crippen molar-refractivity contribution in [2.75, 3.05) is 11.8 Å². The van der Waals surface area contributed by atoms with Gasteiger partial charge in [-0.1, -0.05) is 32.9 Å². The highest BCUT2D eigenvalue weighted by atomic mass is 32.2. The van der Waals surface area contributed by atoms with Crippen LogP contribution in [0.2, 0.25) is 0 Å². The minimum absolute atomic E-state index is 0.0714. The van der Waals surface area contributed by atoms with Crippen LogP contribution in [0, 0.1) is 5.82 Å². The van der Waals surface area contributed by atoms with Gasteiger partial charge in [-0.05, 0) is 41.3 Å². The van der Waals surface area contributed by atoms with E-state index in [-0.39, 0.29) is 11.0 Å². The zero-order chi connectivity index (χ0) is 18.8. The van der Waals surface area contributed by atoms with Gasteiger partial charge in [-0.3, -0.25) is 4.72 Å². The van der Waals surface area contributed by atoms with Gasteiger partial charge in [0.15, 0.2) is 0 Å². The average Bonchev–Trinajstić information content (AvgIpc) is 2.53. The van der Waals surface area contributed by atoms with Gasteiger partial charge >= 0.3 is 5.97 Å². The van der Waals surface area contributed by atoms with E-state index in [4.69, 9.17) is 0 Å². The van der Waals surface area contributed by atoms with E-state index >= 15 is 0 Å². The molecular formula is C18H20FNO4S. The molecule has 0 aliphatic heterocycles. The normalized spacial score (nSPS) is 11.9. The highest BCUT2D eigenvalue weighted by Gasteiger charge is 2.24. The SMILES string of the molecule is COC(=O)c1ccc(F)cc1S(=O)(=O)Nc1ccc(C(C)(C)C)cc1. The quantitative estimate of drug-likeness (QED) is 0.839. The van der Waals surface area contributed by atoms with E-state index in [1.165, 1.54) is 0 Å². The molecule has 0 aliphatic carbocycles.